The molecule has 4 nitrogen and oxygen atoms in total. The van der Waals surface area contributed by atoms with Gasteiger partial charge in [0.1, 0.15) is 0 Å². The predicted octanol–water partition coefficient (Wildman–Crippen LogP) is 2.33. The topological polar surface area (TPSA) is 71.6 Å². The first kappa shape index (κ1) is 16.9. The van der Waals surface area contributed by atoms with Gasteiger partial charge in [-0.3, -0.25) is 0 Å². The normalized spacial score (nSPS) is 22.2. The van der Waals surface area contributed by atoms with Crippen LogP contribution in [-0.2, 0) is 0 Å². The Bertz CT molecular complexity index is 236. The molecule has 1 rings (SSSR count). The molecule has 2 atom stereocenters. The first-order valence-corrected chi connectivity index (χ1v) is 7.09. The van der Waals surface area contributed by atoms with Crippen molar-refractivity contribution in [1.82, 2.24) is 10.6 Å². The van der Waals surface area contributed by atoms with Crippen LogP contribution in [0.1, 0.15) is 52.4 Å². The second-order valence-electron chi connectivity index (χ2n) is 4.22. The lowest BCUT2D eigenvalue weighted by molar-refractivity contribution is 0.287. The molecule has 0 aromatic heterocycles. The van der Waals surface area contributed by atoms with Crippen molar-refractivity contribution in [2.45, 2.75) is 64.5 Å². The summed E-state index contributed by atoms with van der Waals surface area (Å²) in [5.41, 5.74) is 0. The molecule has 4 heteroatoms. The van der Waals surface area contributed by atoms with Crippen LogP contribution in [-0.4, -0.2) is 25.2 Å². The zero-order valence-corrected chi connectivity index (χ0v) is 11.7. The summed E-state index contributed by atoms with van der Waals surface area (Å²) in [6.45, 7) is 5.55. The summed E-state index contributed by atoms with van der Waals surface area (Å²) >= 11 is 0. The quantitative estimate of drug-likeness (QED) is 0.710. The molecule has 0 aromatic rings. The van der Waals surface area contributed by atoms with E-state index in [4.69, 9.17) is 10.5 Å². The number of nitrogens with one attached hydrogen (secondary N) is 2. The van der Waals surface area contributed by atoms with Crippen LogP contribution in [0.5, 0.6) is 0 Å². The second-order valence-corrected chi connectivity index (χ2v) is 4.22. The van der Waals surface area contributed by atoms with Gasteiger partial charge in [-0.25, -0.2) is 0 Å². The second kappa shape index (κ2) is 12.4. The highest BCUT2D eigenvalue weighted by Gasteiger charge is 2.23. The van der Waals surface area contributed by atoms with E-state index in [1.54, 1.807) is 0 Å². The zero-order chi connectivity index (χ0) is 13.6. The van der Waals surface area contributed by atoms with Gasteiger partial charge in [0.25, 0.3) is 0 Å². The van der Waals surface area contributed by atoms with Gasteiger partial charge in [0, 0.05) is 38.0 Å². The van der Waals surface area contributed by atoms with Crippen molar-refractivity contribution in [3.05, 3.63) is 0 Å². The molecule has 0 amide bonds. The van der Waals surface area contributed by atoms with Gasteiger partial charge in [-0.05, 0) is 12.8 Å². The highest BCUT2D eigenvalue weighted by atomic mass is 15.0. The van der Waals surface area contributed by atoms with E-state index in [0.717, 1.165) is 13.1 Å². The fourth-order valence-electron chi connectivity index (χ4n) is 2.25. The number of hydrogen-bond donors (Lipinski definition) is 2. The van der Waals surface area contributed by atoms with Gasteiger partial charge in [0.2, 0.25) is 0 Å². The van der Waals surface area contributed by atoms with E-state index in [9.17, 15) is 0 Å². The van der Waals surface area contributed by atoms with Crippen molar-refractivity contribution in [2.24, 2.45) is 0 Å². The summed E-state index contributed by atoms with van der Waals surface area (Å²) in [4.78, 5) is 0. The molecular formula is C14H26N4. The van der Waals surface area contributed by atoms with E-state index in [0.29, 0.717) is 24.9 Å². The molecule has 1 aliphatic rings. The molecule has 0 aromatic carbocycles. The molecule has 1 saturated carbocycles. The van der Waals surface area contributed by atoms with Crippen molar-refractivity contribution in [1.29, 1.82) is 10.5 Å². The van der Waals surface area contributed by atoms with Crippen molar-refractivity contribution >= 4 is 0 Å². The van der Waals surface area contributed by atoms with Crippen LogP contribution in [0.4, 0.5) is 0 Å². The van der Waals surface area contributed by atoms with Gasteiger partial charge in [0.05, 0.1) is 12.1 Å². The Balaban J connectivity index is 0.00000137. The van der Waals surface area contributed by atoms with Crippen molar-refractivity contribution in [3.63, 3.8) is 0 Å². The Morgan fingerprint density at radius 3 is 1.61 bits per heavy atom. The molecule has 0 radical (unpaired) electrons. The van der Waals surface area contributed by atoms with Gasteiger partial charge in [-0.1, -0.05) is 26.7 Å². The molecule has 102 valence electrons. The molecule has 18 heavy (non-hydrogen) atoms. The maximum atomic E-state index is 8.49. The molecule has 1 aliphatic carbocycles. The van der Waals surface area contributed by atoms with Gasteiger partial charge < -0.3 is 10.6 Å². The number of nitriles is 2. The van der Waals surface area contributed by atoms with Crippen molar-refractivity contribution in [3.8, 4) is 12.1 Å². The van der Waals surface area contributed by atoms with E-state index in [1.807, 2.05) is 13.8 Å². The lowest BCUT2D eigenvalue weighted by Gasteiger charge is -2.32. The van der Waals surface area contributed by atoms with Gasteiger partial charge in [-0.15, -0.1) is 0 Å². The minimum Gasteiger partial charge on any atom is -0.311 e. The van der Waals surface area contributed by atoms with Crippen LogP contribution in [0.3, 0.4) is 0 Å². The summed E-state index contributed by atoms with van der Waals surface area (Å²) in [6, 6.07) is 5.24. The summed E-state index contributed by atoms with van der Waals surface area (Å²) in [5, 5.41) is 23.8. The largest absolute Gasteiger partial charge is 0.311 e. The average Bonchev–Trinajstić information content (AvgIpc) is 2.43. The molecule has 0 heterocycles. The molecule has 2 unspecified atom stereocenters. The van der Waals surface area contributed by atoms with Crippen molar-refractivity contribution in [2.75, 3.05) is 13.1 Å². The van der Waals surface area contributed by atoms with E-state index in [1.165, 1.54) is 25.7 Å². The molecule has 1 fully saturated rings. The first-order chi connectivity index (χ1) is 8.88. The van der Waals surface area contributed by atoms with Crippen LogP contribution < -0.4 is 10.6 Å². The zero-order valence-electron chi connectivity index (χ0n) is 11.7. The molecule has 2 N–H and O–H groups in total. The maximum Gasteiger partial charge on any atom is 0.0635 e. The van der Waals surface area contributed by atoms with Crippen molar-refractivity contribution < 1.29 is 0 Å². The lowest BCUT2D eigenvalue weighted by Crippen LogP contribution is -2.50. The summed E-state index contributed by atoms with van der Waals surface area (Å²) in [6.07, 6.45) is 6.02. The maximum absolute atomic E-state index is 8.49. The summed E-state index contributed by atoms with van der Waals surface area (Å²) in [7, 11) is 0. The van der Waals surface area contributed by atoms with E-state index < -0.39 is 0 Å². The molecule has 0 bridgehead atoms. The van der Waals surface area contributed by atoms with E-state index in [-0.39, 0.29) is 0 Å². The number of nitrogens with zero attached hydrogens (tertiary/aromatic N) is 2. The highest BCUT2D eigenvalue weighted by Crippen LogP contribution is 2.18. The molecular weight excluding hydrogens is 224 g/mol. The van der Waals surface area contributed by atoms with Crippen LogP contribution in [0, 0.1) is 22.7 Å². The van der Waals surface area contributed by atoms with E-state index in [2.05, 4.69) is 22.8 Å². The fourth-order valence-corrected chi connectivity index (χ4v) is 2.25. The fraction of sp³-hybridized carbons (Fsp3) is 0.857. The summed E-state index contributed by atoms with van der Waals surface area (Å²) in [5.74, 6) is 0. The van der Waals surface area contributed by atoms with Crippen LogP contribution in [0.25, 0.3) is 0 Å². The minimum atomic E-state index is 0.473. The monoisotopic (exact) mass is 250 g/mol. The Morgan fingerprint density at radius 1 is 0.889 bits per heavy atom. The SMILES string of the molecule is CC.N#CCCNC1CCCCC1NCCC#N. The van der Waals surface area contributed by atoms with Crippen LogP contribution >= 0.6 is 0 Å². The number of hydrogen-bond acceptors (Lipinski definition) is 4. The standard InChI is InChI=1S/C12H20N4.C2H6/c13-7-3-9-15-11-5-1-2-6-12(11)16-10-4-8-14;1-2/h11-12,15-16H,1-6,9-10H2;1-2H3. The Morgan fingerprint density at radius 2 is 1.28 bits per heavy atom. The predicted molar refractivity (Wildman–Crippen MR) is 73.9 cm³/mol. The average molecular weight is 250 g/mol. The Labute approximate surface area is 111 Å². The third-order valence-corrected chi connectivity index (χ3v) is 3.05. The third-order valence-electron chi connectivity index (χ3n) is 3.05. The van der Waals surface area contributed by atoms with Gasteiger partial charge >= 0.3 is 0 Å². The van der Waals surface area contributed by atoms with E-state index >= 15 is 0 Å². The van der Waals surface area contributed by atoms with Gasteiger partial charge in [-0.2, -0.15) is 10.5 Å². The van der Waals surface area contributed by atoms with Gasteiger partial charge in [0.15, 0.2) is 0 Å². The first-order valence-electron chi connectivity index (χ1n) is 7.09. The lowest BCUT2D eigenvalue weighted by atomic mass is 9.90. The van der Waals surface area contributed by atoms with Crippen LogP contribution in [0.2, 0.25) is 0 Å². The third kappa shape index (κ3) is 7.27. The smallest absolute Gasteiger partial charge is 0.0635 e. The highest BCUT2D eigenvalue weighted by molar-refractivity contribution is 4.88. The van der Waals surface area contributed by atoms with Crippen LogP contribution in [0.15, 0.2) is 0 Å². The minimum absolute atomic E-state index is 0.473. The molecule has 0 aliphatic heterocycles. The Hall–Kier alpha value is -1.10. The Kier molecular flexibility index (Phi) is 11.6. The number of rotatable bonds is 6. The molecule has 0 spiro atoms. The molecule has 0 saturated heterocycles. The summed E-state index contributed by atoms with van der Waals surface area (Å²) < 4.78 is 0.